The zero-order valence-corrected chi connectivity index (χ0v) is 9.57. The molecule has 1 atom stereocenters. The summed E-state index contributed by atoms with van der Waals surface area (Å²) in [5.74, 6) is 0. The van der Waals surface area contributed by atoms with E-state index in [0.29, 0.717) is 5.56 Å². The monoisotopic (exact) mass is 243 g/mol. The van der Waals surface area contributed by atoms with Crippen LogP contribution < -0.4 is 5.73 Å². The van der Waals surface area contributed by atoms with Gasteiger partial charge in [0.2, 0.25) is 0 Å². The van der Waals surface area contributed by atoms with Gasteiger partial charge in [0.1, 0.15) is 5.54 Å². The van der Waals surface area contributed by atoms with Crippen molar-refractivity contribution >= 4 is 15.2 Å². The largest absolute Gasteiger partial charge is 0.331 e. The normalized spacial score (nSPS) is 15.4. The minimum Gasteiger partial charge on any atom is -0.314 e. The summed E-state index contributed by atoms with van der Waals surface area (Å²) in [7, 11) is -4.78. The van der Waals surface area contributed by atoms with E-state index < -0.39 is 20.8 Å². The molecule has 16 heavy (non-hydrogen) atoms. The SMILES string of the molecule is CCC(N)(C(=O)S(=O)(=O)O)c1ccccc1. The van der Waals surface area contributed by atoms with Gasteiger partial charge in [0.15, 0.2) is 0 Å². The van der Waals surface area contributed by atoms with E-state index >= 15 is 0 Å². The Morgan fingerprint density at radius 2 is 1.88 bits per heavy atom. The van der Waals surface area contributed by atoms with E-state index in [1.165, 1.54) is 0 Å². The molecule has 1 rings (SSSR count). The van der Waals surface area contributed by atoms with Gasteiger partial charge in [-0.3, -0.25) is 9.35 Å². The topological polar surface area (TPSA) is 97.5 Å². The van der Waals surface area contributed by atoms with Gasteiger partial charge in [-0.2, -0.15) is 8.42 Å². The molecule has 0 radical (unpaired) electrons. The van der Waals surface area contributed by atoms with Gasteiger partial charge in [0, 0.05) is 0 Å². The molecule has 0 bridgehead atoms. The highest BCUT2D eigenvalue weighted by Crippen LogP contribution is 2.24. The van der Waals surface area contributed by atoms with Gasteiger partial charge < -0.3 is 5.73 Å². The molecule has 0 saturated carbocycles. The molecule has 0 saturated heterocycles. The summed E-state index contributed by atoms with van der Waals surface area (Å²) in [6, 6.07) is 8.10. The van der Waals surface area contributed by atoms with Crippen LogP contribution in [0, 0.1) is 0 Å². The van der Waals surface area contributed by atoms with Gasteiger partial charge in [-0.05, 0) is 12.0 Å². The second kappa shape index (κ2) is 4.32. The third-order valence-electron chi connectivity index (χ3n) is 2.45. The molecule has 88 valence electrons. The number of nitrogens with two attached hydrogens (primary N) is 1. The molecule has 1 aromatic rings. The molecule has 3 N–H and O–H groups in total. The van der Waals surface area contributed by atoms with Crippen molar-refractivity contribution in [2.24, 2.45) is 5.73 Å². The van der Waals surface area contributed by atoms with E-state index in [-0.39, 0.29) is 6.42 Å². The smallest absolute Gasteiger partial charge is 0.314 e. The van der Waals surface area contributed by atoms with Gasteiger partial charge in [-0.25, -0.2) is 0 Å². The maximum atomic E-state index is 11.6. The van der Waals surface area contributed by atoms with Crippen molar-refractivity contribution < 1.29 is 17.8 Å². The van der Waals surface area contributed by atoms with Crippen LogP contribution in [-0.2, 0) is 20.5 Å². The van der Waals surface area contributed by atoms with E-state index in [1.807, 2.05) is 0 Å². The molecule has 6 heteroatoms. The number of carbonyl (C=O) groups excluding carboxylic acids is 1. The van der Waals surface area contributed by atoms with E-state index in [1.54, 1.807) is 37.3 Å². The number of hydrogen-bond donors (Lipinski definition) is 2. The lowest BCUT2D eigenvalue weighted by molar-refractivity contribution is -0.117. The van der Waals surface area contributed by atoms with Gasteiger partial charge in [0.25, 0.3) is 5.12 Å². The maximum Gasteiger partial charge on any atom is 0.331 e. The zero-order chi connectivity index (χ0) is 12.4. The lowest BCUT2D eigenvalue weighted by Gasteiger charge is -2.25. The fourth-order valence-corrected chi connectivity index (χ4v) is 2.15. The van der Waals surface area contributed by atoms with Crippen molar-refractivity contribution in [3.63, 3.8) is 0 Å². The molecule has 0 amide bonds. The predicted molar refractivity (Wildman–Crippen MR) is 59.2 cm³/mol. The second-order valence-corrected chi connectivity index (χ2v) is 4.77. The molecule has 0 heterocycles. The van der Waals surface area contributed by atoms with Gasteiger partial charge >= 0.3 is 10.1 Å². The first-order valence-electron chi connectivity index (χ1n) is 4.68. The molecule has 1 unspecified atom stereocenters. The average molecular weight is 243 g/mol. The fraction of sp³-hybridized carbons (Fsp3) is 0.300. The third kappa shape index (κ3) is 2.29. The summed E-state index contributed by atoms with van der Waals surface area (Å²) in [6.45, 7) is 1.58. The molecule has 0 aliphatic carbocycles. The summed E-state index contributed by atoms with van der Waals surface area (Å²) < 4.78 is 30.4. The van der Waals surface area contributed by atoms with Gasteiger partial charge in [0.05, 0.1) is 0 Å². The lowest BCUT2D eigenvalue weighted by Crippen LogP contribution is -2.47. The van der Waals surface area contributed by atoms with E-state index in [2.05, 4.69) is 0 Å². The standard InChI is InChI=1S/C10H13NO4S/c1-2-10(11,9(12)16(13,14)15)8-6-4-3-5-7-8/h3-7H,2,11H2,1H3,(H,13,14,15). The van der Waals surface area contributed by atoms with Crippen LogP contribution in [0.2, 0.25) is 0 Å². The Bertz CT molecular complexity index is 483. The first-order valence-corrected chi connectivity index (χ1v) is 6.12. The van der Waals surface area contributed by atoms with Crippen molar-refractivity contribution in [3.05, 3.63) is 35.9 Å². The number of carbonyl (C=O) groups is 1. The highest BCUT2D eigenvalue weighted by Gasteiger charge is 2.41. The first kappa shape index (κ1) is 12.8. The average Bonchev–Trinajstić information content (AvgIpc) is 2.27. The molecule has 0 spiro atoms. The Morgan fingerprint density at radius 3 is 2.25 bits per heavy atom. The summed E-state index contributed by atoms with van der Waals surface area (Å²) in [4.78, 5) is 11.6. The van der Waals surface area contributed by atoms with Crippen LogP contribution >= 0.6 is 0 Å². The van der Waals surface area contributed by atoms with E-state index in [9.17, 15) is 13.2 Å². The van der Waals surface area contributed by atoms with Crippen molar-refractivity contribution in [2.45, 2.75) is 18.9 Å². The fourth-order valence-electron chi connectivity index (χ4n) is 1.43. The van der Waals surface area contributed by atoms with Crippen molar-refractivity contribution in [1.29, 1.82) is 0 Å². The van der Waals surface area contributed by atoms with Crippen molar-refractivity contribution in [3.8, 4) is 0 Å². The molecule has 0 aromatic heterocycles. The van der Waals surface area contributed by atoms with Crippen LogP contribution in [0.5, 0.6) is 0 Å². The second-order valence-electron chi connectivity index (χ2n) is 3.45. The first-order chi connectivity index (χ1) is 7.32. The highest BCUT2D eigenvalue weighted by molar-refractivity contribution is 8.01. The predicted octanol–water partition coefficient (Wildman–Crippen LogP) is 0.665. The van der Waals surface area contributed by atoms with E-state index in [4.69, 9.17) is 10.3 Å². The van der Waals surface area contributed by atoms with Crippen LogP contribution in [0.1, 0.15) is 18.9 Å². The number of hydrogen-bond acceptors (Lipinski definition) is 4. The van der Waals surface area contributed by atoms with Crippen LogP contribution in [0.25, 0.3) is 0 Å². The van der Waals surface area contributed by atoms with E-state index in [0.717, 1.165) is 0 Å². The minimum absolute atomic E-state index is 0.0790. The molecular formula is C10H13NO4S. The molecule has 1 aromatic carbocycles. The Morgan fingerprint density at radius 1 is 1.38 bits per heavy atom. The Kier molecular flexibility index (Phi) is 3.47. The zero-order valence-electron chi connectivity index (χ0n) is 8.75. The summed E-state index contributed by atoms with van der Waals surface area (Å²) in [5, 5.41) is -1.38. The maximum absolute atomic E-state index is 11.6. The highest BCUT2D eigenvalue weighted by atomic mass is 32.2. The van der Waals surface area contributed by atoms with Crippen molar-refractivity contribution in [1.82, 2.24) is 0 Å². The third-order valence-corrected chi connectivity index (χ3v) is 3.28. The van der Waals surface area contributed by atoms with Gasteiger partial charge in [-0.1, -0.05) is 37.3 Å². The molecule has 0 aliphatic heterocycles. The summed E-state index contributed by atoms with van der Waals surface area (Å²) >= 11 is 0. The Labute approximate surface area is 94.0 Å². The Hall–Kier alpha value is -1.24. The lowest BCUT2D eigenvalue weighted by atomic mass is 9.90. The van der Waals surface area contributed by atoms with Crippen LogP contribution in [0.3, 0.4) is 0 Å². The molecular weight excluding hydrogens is 230 g/mol. The molecule has 0 fully saturated rings. The van der Waals surface area contributed by atoms with Crippen LogP contribution in [-0.4, -0.2) is 18.1 Å². The molecule has 0 aliphatic rings. The molecule has 5 nitrogen and oxygen atoms in total. The number of benzene rings is 1. The van der Waals surface area contributed by atoms with Gasteiger partial charge in [-0.15, -0.1) is 0 Å². The van der Waals surface area contributed by atoms with Crippen LogP contribution in [0.4, 0.5) is 0 Å². The van der Waals surface area contributed by atoms with Crippen LogP contribution in [0.15, 0.2) is 30.3 Å². The minimum atomic E-state index is -4.78. The summed E-state index contributed by atoms with van der Waals surface area (Å²) in [6.07, 6.45) is 0.0790. The quantitative estimate of drug-likeness (QED) is 0.760. The van der Waals surface area contributed by atoms with Crippen molar-refractivity contribution in [2.75, 3.05) is 0 Å². The Balaban J connectivity index is 3.29. The number of rotatable bonds is 3. The summed E-state index contributed by atoms with van der Waals surface area (Å²) in [5.41, 5.74) is 4.42.